The molecule has 0 radical (unpaired) electrons. The van der Waals surface area contributed by atoms with Crippen molar-refractivity contribution in [3.8, 4) is 0 Å². The maximum atomic E-state index is 9.22. The fraction of sp³-hybridized carbons (Fsp3) is 0.500. The molecule has 0 bridgehead atoms. The van der Waals surface area contributed by atoms with Crippen LogP contribution in [0.5, 0.6) is 0 Å². The van der Waals surface area contributed by atoms with E-state index in [1.807, 2.05) is 18.2 Å². The summed E-state index contributed by atoms with van der Waals surface area (Å²) < 4.78 is 0. The standard InChI is InChI=1S/C12H18N2O.ClH/c15-10-12-4-2-1-3-11(12)9-14-7-5-13-6-8-14;/h1-4,13,15H,5-10H2;1H. The molecule has 1 aromatic carbocycles. The summed E-state index contributed by atoms with van der Waals surface area (Å²) in [5, 5.41) is 12.6. The van der Waals surface area contributed by atoms with Crippen LogP contribution in [0.1, 0.15) is 11.1 Å². The van der Waals surface area contributed by atoms with Crippen LogP contribution in [0, 0.1) is 0 Å². The van der Waals surface area contributed by atoms with E-state index in [-0.39, 0.29) is 19.0 Å². The molecule has 0 saturated carbocycles. The van der Waals surface area contributed by atoms with Gasteiger partial charge in [0.1, 0.15) is 0 Å². The second kappa shape index (κ2) is 6.86. The number of nitrogens with zero attached hydrogens (tertiary/aromatic N) is 1. The van der Waals surface area contributed by atoms with Crippen LogP contribution in [0.15, 0.2) is 24.3 Å². The second-order valence-corrected chi connectivity index (χ2v) is 3.95. The van der Waals surface area contributed by atoms with Crippen molar-refractivity contribution in [1.29, 1.82) is 0 Å². The first-order valence-electron chi connectivity index (χ1n) is 5.51. The summed E-state index contributed by atoms with van der Waals surface area (Å²) in [6, 6.07) is 8.12. The maximum Gasteiger partial charge on any atom is 0.0685 e. The molecule has 4 heteroatoms. The van der Waals surface area contributed by atoms with Gasteiger partial charge in [-0.3, -0.25) is 4.90 Å². The van der Waals surface area contributed by atoms with Gasteiger partial charge in [-0.05, 0) is 11.1 Å². The Morgan fingerprint density at radius 1 is 1.12 bits per heavy atom. The van der Waals surface area contributed by atoms with Crippen LogP contribution >= 0.6 is 12.4 Å². The zero-order valence-electron chi connectivity index (χ0n) is 9.35. The van der Waals surface area contributed by atoms with E-state index in [4.69, 9.17) is 0 Å². The zero-order valence-corrected chi connectivity index (χ0v) is 10.2. The Balaban J connectivity index is 0.00000128. The molecule has 1 aliphatic rings. The van der Waals surface area contributed by atoms with Crippen LogP contribution in [0.2, 0.25) is 0 Å². The molecule has 3 nitrogen and oxygen atoms in total. The van der Waals surface area contributed by atoms with Gasteiger partial charge in [0.25, 0.3) is 0 Å². The monoisotopic (exact) mass is 242 g/mol. The van der Waals surface area contributed by atoms with Crippen LogP contribution in [-0.2, 0) is 13.2 Å². The molecule has 0 atom stereocenters. The van der Waals surface area contributed by atoms with E-state index < -0.39 is 0 Å². The molecule has 1 saturated heterocycles. The number of halogens is 1. The van der Waals surface area contributed by atoms with Crippen LogP contribution in [0.3, 0.4) is 0 Å². The van der Waals surface area contributed by atoms with Crippen LogP contribution in [-0.4, -0.2) is 36.2 Å². The van der Waals surface area contributed by atoms with E-state index in [1.165, 1.54) is 5.56 Å². The summed E-state index contributed by atoms with van der Waals surface area (Å²) in [6.07, 6.45) is 0. The largest absolute Gasteiger partial charge is 0.392 e. The highest BCUT2D eigenvalue weighted by molar-refractivity contribution is 5.85. The molecule has 1 fully saturated rings. The average Bonchev–Trinajstić information content (AvgIpc) is 2.31. The molecule has 0 aliphatic carbocycles. The zero-order chi connectivity index (χ0) is 10.5. The van der Waals surface area contributed by atoms with E-state index in [0.717, 1.165) is 38.3 Å². The number of nitrogens with one attached hydrogen (secondary N) is 1. The minimum atomic E-state index is 0. The summed E-state index contributed by atoms with van der Waals surface area (Å²) in [6.45, 7) is 5.43. The second-order valence-electron chi connectivity index (χ2n) is 3.95. The smallest absolute Gasteiger partial charge is 0.0685 e. The molecular formula is C12H19ClN2O. The van der Waals surface area contributed by atoms with Crippen LogP contribution in [0.25, 0.3) is 0 Å². The summed E-state index contributed by atoms with van der Waals surface area (Å²) in [7, 11) is 0. The summed E-state index contributed by atoms with van der Waals surface area (Å²) >= 11 is 0. The Bertz CT molecular complexity index is 314. The highest BCUT2D eigenvalue weighted by Gasteiger charge is 2.11. The number of aliphatic hydroxyl groups is 1. The minimum absolute atomic E-state index is 0. The SMILES string of the molecule is Cl.OCc1ccccc1CN1CCNCC1. The van der Waals surface area contributed by atoms with Gasteiger partial charge in [-0.2, -0.15) is 0 Å². The minimum Gasteiger partial charge on any atom is -0.392 e. The van der Waals surface area contributed by atoms with Gasteiger partial charge >= 0.3 is 0 Å². The van der Waals surface area contributed by atoms with Gasteiger partial charge in [-0.15, -0.1) is 12.4 Å². The van der Waals surface area contributed by atoms with Crippen LogP contribution in [0.4, 0.5) is 0 Å². The lowest BCUT2D eigenvalue weighted by Crippen LogP contribution is -2.43. The third kappa shape index (κ3) is 3.46. The lowest BCUT2D eigenvalue weighted by atomic mass is 10.1. The van der Waals surface area contributed by atoms with Crippen molar-refractivity contribution in [2.75, 3.05) is 26.2 Å². The molecule has 90 valence electrons. The molecule has 0 amide bonds. The van der Waals surface area contributed by atoms with Crippen molar-refractivity contribution in [2.24, 2.45) is 0 Å². The summed E-state index contributed by atoms with van der Waals surface area (Å²) in [5.41, 5.74) is 2.30. The van der Waals surface area contributed by atoms with Crippen molar-refractivity contribution in [3.63, 3.8) is 0 Å². The van der Waals surface area contributed by atoms with Crippen molar-refractivity contribution in [3.05, 3.63) is 35.4 Å². The van der Waals surface area contributed by atoms with Gasteiger partial charge in [0.05, 0.1) is 6.61 Å². The predicted molar refractivity (Wildman–Crippen MR) is 67.8 cm³/mol. The highest BCUT2D eigenvalue weighted by Crippen LogP contribution is 2.11. The van der Waals surface area contributed by atoms with E-state index in [2.05, 4.69) is 16.3 Å². The number of hydrogen-bond donors (Lipinski definition) is 2. The first kappa shape index (κ1) is 13.5. The highest BCUT2D eigenvalue weighted by atomic mass is 35.5. The Morgan fingerprint density at radius 2 is 1.75 bits per heavy atom. The van der Waals surface area contributed by atoms with Gasteiger partial charge in [-0.1, -0.05) is 24.3 Å². The van der Waals surface area contributed by atoms with Crippen molar-refractivity contribution >= 4 is 12.4 Å². The van der Waals surface area contributed by atoms with Gasteiger partial charge in [0, 0.05) is 32.7 Å². The van der Waals surface area contributed by atoms with Gasteiger partial charge in [0.2, 0.25) is 0 Å². The van der Waals surface area contributed by atoms with Gasteiger partial charge in [0.15, 0.2) is 0 Å². The molecule has 0 unspecified atom stereocenters. The normalized spacial score (nSPS) is 16.8. The van der Waals surface area contributed by atoms with Crippen molar-refractivity contribution < 1.29 is 5.11 Å². The number of benzene rings is 1. The number of hydrogen-bond acceptors (Lipinski definition) is 3. The predicted octanol–water partition coefficient (Wildman–Crippen LogP) is 1.01. The molecule has 2 N–H and O–H groups in total. The Kier molecular flexibility index (Phi) is 5.77. The van der Waals surface area contributed by atoms with E-state index in [1.54, 1.807) is 0 Å². The molecule has 16 heavy (non-hydrogen) atoms. The topological polar surface area (TPSA) is 35.5 Å². The first-order valence-corrected chi connectivity index (χ1v) is 5.51. The third-order valence-corrected chi connectivity index (χ3v) is 2.89. The molecule has 0 spiro atoms. The number of aliphatic hydroxyl groups excluding tert-OH is 1. The van der Waals surface area contributed by atoms with E-state index in [0.29, 0.717) is 0 Å². The van der Waals surface area contributed by atoms with Crippen molar-refractivity contribution in [2.45, 2.75) is 13.2 Å². The molecule has 0 aromatic heterocycles. The average molecular weight is 243 g/mol. The van der Waals surface area contributed by atoms with Crippen LogP contribution < -0.4 is 5.32 Å². The maximum absolute atomic E-state index is 9.22. The fourth-order valence-corrected chi connectivity index (χ4v) is 1.98. The molecular weight excluding hydrogens is 224 g/mol. The molecule has 1 aliphatic heterocycles. The fourth-order valence-electron chi connectivity index (χ4n) is 1.98. The molecule has 1 heterocycles. The summed E-state index contributed by atoms with van der Waals surface area (Å²) in [5.74, 6) is 0. The Hall–Kier alpha value is -0.610. The van der Waals surface area contributed by atoms with E-state index in [9.17, 15) is 5.11 Å². The molecule has 1 aromatic rings. The summed E-state index contributed by atoms with van der Waals surface area (Å²) in [4.78, 5) is 2.42. The van der Waals surface area contributed by atoms with Gasteiger partial charge < -0.3 is 10.4 Å². The lowest BCUT2D eigenvalue weighted by molar-refractivity contribution is 0.228. The van der Waals surface area contributed by atoms with Gasteiger partial charge in [-0.25, -0.2) is 0 Å². The Labute approximate surface area is 103 Å². The number of rotatable bonds is 3. The van der Waals surface area contributed by atoms with E-state index >= 15 is 0 Å². The van der Waals surface area contributed by atoms with Crippen molar-refractivity contribution in [1.82, 2.24) is 10.2 Å². The third-order valence-electron chi connectivity index (χ3n) is 2.89. The molecule has 2 rings (SSSR count). The lowest BCUT2D eigenvalue weighted by Gasteiger charge is -2.27. The number of piperazine rings is 1. The quantitative estimate of drug-likeness (QED) is 0.831. The Morgan fingerprint density at radius 3 is 2.38 bits per heavy atom. The first-order chi connectivity index (χ1) is 7.40.